The first-order valence-corrected chi connectivity index (χ1v) is 10.00. The van der Waals surface area contributed by atoms with E-state index in [1.807, 2.05) is 0 Å². The molecule has 0 bridgehead atoms. The zero-order valence-corrected chi connectivity index (χ0v) is 16.3. The van der Waals surface area contributed by atoms with Gasteiger partial charge in [-0.25, -0.2) is 13.1 Å². The van der Waals surface area contributed by atoms with Gasteiger partial charge in [0.1, 0.15) is 0 Å². The first-order chi connectivity index (χ1) is 12.8. The minimum absolute atomic E-state index is 0.0130. The smallest absolute Gasteiger partial charge is 0.251 e. The topological polar surface area (TPSA) is 105 Å². The number of methoxy groups -OCH3 is 1. The Bertz CT molecular complexity index is 854. The number of aliphatic hydroxyl groups is 1. The van der Waals surface area contributed by atoms with Crippen molar-refractivity contribution in [2.75, 3.05) is 26.8 Å². The standard InChI is InChI=1S/C18H21ClN2O5S/c1-26-11-10-21-27(24,25)16-8-4-14(5-9-16)18(23)20-12-17(22)13-2-6-15(19)7-3-13/h2-9,17,21-22H,10-12H2,1H3,(H,20,23). The summed E-state index contributed by atoms with van der Waals surface area (Å²) in [6, 6.07) is 12.2. The maximum atomic E-state index is 12.2. The van der Waals surface area contributed by atoms with E-state index in [4.69, 9.17) is 16.3 Å². The molecule has 0 heterocycles. The van der Waals surface area contributed by atoms with Crippen LogP contribution in [0.3, 0.4) is 0 Å². The highest BCUT2D eigenvalue weighted by atomic mass is 35.5. The molecule has 0 fully saturated rings. The number of benzene rings is 2. The Balaban J connectivity index is 1.94. The van der Waals surface area contributed by atoms with E-state index in [1.165, 1.54) is 31.4 Å². The summed E-state index contributed by atoms with van der Waals surface area (Å²) in [5, 5.41) is 13.3. The summed E-state index contributed by atoms with van der Waals surface area (Å²) < 4.78 is 31.3. The molecule has 0 saturated carbocycles. The molecule has 7 nitrogen and oxygen atoms in total. The summed E-state index contributed by atoms with van der Waals surface area (Å²) in [4.78, 5) is 12.2. The first-order valence-electron chi connectivity index (χ1n) is 8.14. The summed E-state index contributed by atoms with van der Waals surface area (Å²) in [5.74, 6) is -0.417. The van der Waals surface area contributed by atoms with Crippen LogP contribution in [0.2, 0.25) is 5.02 Å². The van der Waals surface area contributed by atoms with E-state index in [-0.39, 0.29) is 30.2 Å². The lowest BCUT2D eigenvalue weighted by molar-refractivity contribution is 0.0916. The predicted molar refractivity (Wildman–Crippen MR) is 102 cm³/mol. The summed E-state index contributed by atoms with van der Waals surface area (Å²) in [7, 11) is -2.18. The van der Waals surface area contributed by atoms with Crippen molar-refractivity contribution in [3.8, 4) is 0 Å². The molecular weight excluding hydrogens is 392 g/mol. The van der Waals surface area contributed by atoms with Crippen LogP contribution in [0.5, 0.6) is 0 Å². The third-order valence-electron chi connectivity index (χ3n) is 3.74. The lowest BCUT2D eigenvalue weighted by atomic mass is 10.1. The molecule has 0 spiro atoms. The zero-order valence-electron chi connectivity index (χ0n) is 14.7. The predicted octanol–water partition coefficient (Wildman–Crippen LogP) is 1.73. The van der Waals surface area contributed by atoms with Crippen molar-refractivity contribution in [3.05, 3.63) is 64.7 Å². The van der Waals surface area contributed by atoms with Crippen molar-refractivity contribution < 1.29 is 23.1 Å². The van der Waals surface area contributed by atoms with Gasteiger partial charge in [0.2, 0.25) is 10.0 Å². The maximum Gasteiger partial charge on any atom is 0.251 e. The van der Waals surface area contributed by atoms with E-state index in [0.717, 1.165) is 0 Å². The Hall–Kier alpha value is -1.97. The molecule has 2 aromatic carbocycles. The molecule has 2 rings (SSSR count). The average molecular weight is 413 g/mol. The Kier molecular flexibility index (Phi) is 7.76. The molecule has 0 aliphatic heterocycles. The second kappa shape index (κ2) is 9.82. The van der Waals surface area contributed by atoms with E-state index in [2.05, 4.69) is 10.0 Å². The highest BCUT2D eigenvalue weighted by Gasteiger charge is 2.15. The SMILES string of the molecule is COCCNS(=O)(=O)c1ccc(C(=O)NCC(O)c2ccc(Cl)cc2)cc1. The van der Waals surface area contributed by atoms with Crippen molar-refractivity contribution in [2.45, 2.75) is 11.0 Å². The van der Waals surface area contributed by atoms with Gasteiger partial charge in [-0.1, -0.05) is 23.7 Å². The monoisotopic (exact) mass is 412 g/mol. The fourth-order valence-electron chi connectivity index (χ4n) is 2.24. The third-order valence-corrected chi connectivity index (χ3v) is 5.46. The fraction of sp³-hybridized carbons (Fsp3) is 0.278. The average Bonchev–Trinajstić information content (AvgIpc) is 2.66. The van der Waals surface area contributed by atoms with Gasteiger partial charge in [-0.2, -0.15) is 0 Å². The van der Waals surface area contributed by atoms with Gasteiger partial charge >= 0.3 is 0 Å². The van der Waals surface area contributed by atoms with Crippen LogP contribution in [0.1, 0.15) is 22.0 Å². The molecule has 0 aromatic heterocycles. The number of aliphatic hydroxyl groups excluding tert-OH is 1. The number of ether oxygens (including phenoxy) is 1. The molecule has 0 radical (unpaired) electrons. The molecule has 1 amide bonds. The van der Waals surface area contributed by atoms with Gasteiger partial charge in [0, 0.05) is 30.8 Å². The number of amides is 1. The molecular formula is C18H21ClN2O5S. The molecule has 0 aliphatic carbocycles. The van der Waals surface area contributed by atoms with Crippen molar-refractivity contribution in [1.29, 1.82) is 0 Å². The van der Waals surface area contributed by atoms with Crippen molar-refractivity contribution in [2.24, 2.45) is 0 Å². The van der Waals surface area contributed by atoms with Crippen LogP contribution in [0.25, 0.3) is 0 Å². The number of sulfonamides is 1. The Morgan fingerprint density at radius 2 is 1.78 bits per heavy atom. The highest BCUT2D eigenvalue weighted by Crippen LogP contribution is 2.16. The maximum absolute atomic E-state index is 12.2. The molecule has 1 unspecified atom stereocenters. The lowest BCUT2D eigenvalue weighted by Crippen LogP contribution is -2.29. The molecule has 146 valence electrons. The van der Waals surface area contributed by atoms with Gasteiger partial charge < -0.3 is 15.2 Å². The molecule has 3 N–H and O–H groups in total. The minimum Gasteiger partial charge on any atom is -0.387 e. The van der Waals surface area contributed by atoms with Gasteiger partial charge in [-0.3, -0.25) is 4.79 Å². The lowest BCUT2D eigenvalue weighted by Gasteiger charge is -2.13. The normalized spacial score (nSPS) is 12.6. The van der Waals surface area contributed by atoms with Crippen LogP contribution in [0, 0.1) is 0 Å². The number of hydrogen-bond donors (Lipinski definition) is 3. The van der Waals surface area contributed by atoms with Crippen molar-refractivity contribution in [3.63, 3.8) is 0 Å². The molecule has 0 saturated heterocycles. The number of rotatable bonds is 9. The van der Waals surface area contributed by atoms with E-state index in [1.54, 1.807) is 24.3 Å². The summed E-state index contributed by atoms with van der Waals surface area (Å²) >= 11 is 5.80. The summed E-state index contributed by atoms with van der Waals surface area (Å²) in [6.07, 6.45) is -0.879. The second-order valence-electron chi connectivity index (χ2n) is 5.69. The molecule has 27 heavy (non-hydrogen) atoms. The number of carbonyl (C=O) groups is 1. The zero-order chi connectivity index (χ0) is 19.9. The molecule has 1 atom stereocenters. The van der Waals surface area contributed by atoms with Crippen LogP contribution >= 0.6 is 11.6 Å². The van der Waals surface area contributed by atoms with Crippen molar-refractivity contribution in [1.82, 2.24) is 10.0 Å². The number of hydrogen-bond acceptors (Lipinski definition) is 5. The highest BCUT2D eigenvalue weighted by molar-refractivity contribution is 7.89. The van der Waals surface area contributed by atoms with Gasteiger partial charge in [-0.05, 0) is 42.0 Å². The summed E-state index contributed by atoms with van der Waals surface area (Å²) in [5.41, 5.74) is 0.914. The Morgan fingerprint density at radius 3 is 2.37 bits per heavy atom. The number of carbonyl (C=O) groups excluding carboxylic acids is 1. The van der Waals surface area contributed by atoms with Crippen LogP contribution < -0.4 is 10.0 Å². The van der Waals surface area contributed by atoms with Crippen LogP contribution in [-0.2, 0) is 14.8 Å². The van der Waals surface area contributed by atoms with E-state index in [9.17, 15) is 18.3 Å². The van der Waals surface area contributed by atoms with E-state index in [0.29, 0.717) is 10.6 Å². The molecule has 0 aliphatic rings. The van der Waals surface area contributed by atoms with Crippen molar-refractivity contribution >= 4 is 27.5 Å². The Labute approximate surface area is 163 Å². The minimum atomic E-state index is -3.65. The van der Waals surface area contributed by atoms with Gasteiger partial charge in [-0.15, -0.1) is 0 Å². The van der Waals surface area contributed by atoms with Gasteiger partial charge in [0.15, 0.2) is 0 Å². The van der Waals surface area contributed by atoms with Crippen LogP contribution in [0.4, 0.5) is 0 Å². The van der Waals surface area contributed by atoms with Gasteiger partial charge in [0.05, 0.1) is 17.6 Å². The third kappa shape index (κ3) is 6.30. The molecule has 9 heteroatoms. The van der Waals surface area contributed by atoms with Crippen LogP contribution in [-0.4, -0.2) is 46.2 Å². The summed E-state index contributed by atoms with van der Waals surface area (Å²) in [6.45, 7) is 0.429. The number of nitrogens with one attached hydrogen (secondary N) is 2. The van der Waals surface area contributed by atoms with Crippen LogP contribution in [0.15, 0.2) is 53.4 Å². The molecule has 2 aromatic rings. The van der Waals surface area contributed by atoms with Gasteiger partial charge in [0.25, 0.3) is 5.91 Å². The second-order valence-corrected chi connectivity index (χ2v) is 7.90. The quantitative estimate of drug-likeness (QED) is 0.544. The number of halogens is 1. The largest absolute Gasteiger partial charge is 0.387 e. The Morgan fingerprint density at radius 1 is 1.15 bits per heavy atom. The van der Waals surface area contributed by atoms with E-state index < -0.39 is 22.0 Å². The fourth-order valence-corrected chi connectivity index (χ4v) is 3.38. The first kappa shape index (κ1) is 21.3. The van der Waals surface area contributed by atoms with E-state index >= 15 is 0 Å².